The fraction of sp³-hybridized carbons (Fsp3) is 0.500. The van der Waals surface area contributed by atoms with Crippen molar-refractivity contribution < 1.29 is 9.53 Å². The Morgan fingerprint density at radius 1 is 1.22 bits per heavy atom. The quantitative estimate of drug-likeness (QED) is 0.779. The molecule has 0 atom stereocenters. The van der Waals surface area contributed by atoms with E-state index in [2.05, 4.69) is 0 Å². The summed E-state index contributed by atoms with van der Waals surface area (Å²) in [5.41, 5.74) is 0.839. The summed E-state index contributed by atoms with van der Waals surface area (Å²) in [4.78, 5) is 14.0. The van der Waals surface area contributed by atoms with E-state index in [9.17, 15) is 4.79 Å². The van der Waals surface area contributed by atoms with Crippen LogP contribution in [0.3, 0.4) is 0 Å². The van der Waals surface area contributed by atoms with Crippen LogP contribution in [0, 0.1) is 0 Å². The molecule has 3 nitrogen and oxygen atoms in total. The zero-order valence-corrected chi connectivity index (χ0v) is 10.9. The first kappa shape index (κ1) is 11.8. The molecule has 1 aliphatic carbocycles. The van der Waals surface area contributed by atoms with Gasteiger partial charge in [-0.3, -0.25) is 4.79 Å². The Bertz CT molecular complexity index is 469. The van der Waals surface area contributed by atoms with Gasteiger partial charge in [-0.15, -0.1) is 0 Å². The number of ether oxygens (including phenoxy) is 1. The van der Waals surface area contributed by atoms with E-state index in [1.807, 2.05) is 17.0 Å². The van der Waals surface area contributed by atoms with Gasteiger partial charge >= 0.3 is 0 Å². The normalized spacial score (nSPS) is 20.5. The minimum Gasteiger partial charge on any atom is -0.482 e. The molecule has 96 valence electrons. The summed E-state index contributed by atoms with van der Waals surface area (Å²) >= 11 is 6.04. The highest BCUT2D eigenvalue weighted by Crippen LogP contribution is 2.38. The number of amides is 1. The van der Waals surface area contributed by atoms with Gasteiger partial charge < -0.3 is 9.64 Å². The molecule has 1 amide bonds. The molecule has 1 aliphatic heterocycles. The number of hydrogen-bond acceptors (Lipinski definition) is 2. The largest absolute Gasteiger partial charge is 0.482 e. The van der Waals surface area contributed by atoms with Crippen LogP contribution in [-0.2, 0) is 4.79 Å². The highest BCUT2D eigenvalue weighted by Gasteiger charge is 2.32. The van der Waals surface area contributed by atoms with Crippen molar-refractivity contribution in [1.82, 2.24) is 0 Å². The molecule has 1 saturated carbocycles. The summed E-state index contributed by atoms with van der Waals surface area (Å²) in [6.07, 6.45) is 5.84. The summed E-state index contributed by atoms with van der Waals surface area (Å²) in [6.45, 7) is 0.144. The monoisotopic (exact) mass is 265 g/mol. The molecule has 2 aliphatic rings. The summed E-state index contributed by atoms with van der Waals surface area (Å²) in [7, 11) is 0. The highest BCUT2D eigenvalue weighted by atomic mass is 35.5. The third-order valence-electron chi connectivity index (χ3n) is 3.74. The summed E-state index contributed by atoms with van der Waals surface area (Å²) in [5, 5.41) is 0.646. The number of rotatable bonds is 1. The number of fused-ring (bicyclic) bond motifs is 1. The van der Waals surface area contributed by atoms with Gasteiger partial charge in [-0.25, -0.2) is 0 Å². The molecule has 4 heteroatoms. The molecule has 3 rings (SSSR count). The number of nitrogens with zero attached hydrogens (tertiary/aromatic N) is 1. The van der Waals surface area contributed by atoms with Gasteiger partial charge in [0.25, 0.3) is 5.91 Å². The van der Waals surface area contributed by atoms with Gasteiger partial charge in [0.2, 0.25) is 0 Å². The Balaban J connectivity index is 1.97. The molecule has 0 N–H and O–H groups in total. The zero-order valence-electron chi connectivity index (χ0n) is 10.2. The molecule has 1 fully saturated rings. The molecule has 18 heavy (non-hydrogen) atoms. The van der Waals surface area contributed by atoms with Crippen molar-refractivity contribution in [3.8, 4) is 5.75 Å². The van der Waals surface area contributed by atoms with E-state index < -0.39 is 0 Å². The van der Waals surface area contributed by atoms with Gasteiger partial charge in [0.1, 0.15) is 5.75 Å². The van der Waals surface area contributed by atoms with Crippen LogP contribution in [0.2, 0.25) is 5.02 Å². The first-order chi connectivity index (χ1) is 8.75. The molecule has 0 unspecified atom stereocenters. The predicted octanol–water partition coefficient (Wildman–Crippen LogP) is 3.40. The predicted molar refractivity (Wildman–Crippen MR) is 71.3 cm³/mol. The Morgan fingerprint density at radius 3 is 2.78 bits per heavy atom. The first-order valence-corrected chi connectivity index (χ1v) is 6.88. The molecule has 1 aromatic rings. The van der Waals surface area contributed by atoms with Crippen LogP contribution < -0.4 is 9.64 Å². The van der Waals surface area contributed by atoms with Crippen LogP contribution in [0.1, 0.15) is 32.1 Å². The molecule has 0 aromatic heterocycles. The maximum atomic E-state index is 12.1. The lowest BCUT2D eigenvalue weighted by Gasteiger charge is -2.37. The van der Waals surface area contributed by atoms with Crippen molar-refractivity contribution in [1.29, 1.82) is 0 Å². The van der Waals surface area contributed by atoms with E-state index in [4.69, 9.17) is 16.3 Å². The Morgan fingerprint density at radius 2 is 2.00 bits per heavy atom. The molecule has 0 saturated heterocycles. The minimum atomic E-state index is 0.0525. The molecule has 1 aromatic carbocycles. The lowest BCUT2D eigenvalue weighted by Crippen LogP contribution is -2.46. The Kier molecular flexibility index (Phi) is 3.16. The van der Waals surface area contributed by atoms with Crippen LogP contribution in [-0.4, -0.2) is 18.6 Å². The second-order valence-electron chi connectivity index (χ2n) is 4.96. The van der Waals surface area contributed by atoms with Crippen molar-refractivity contribution >= 4 is 23.2 Å². The Labute approximate surface area is 112 Å². The van der Waals surface area contributed by atoms with E-state index in [0.717, 1.165) is 24.3 Å². The maximum Gasteiger partial charge on any atom is 0.265 e. The average molecular weight is 266 g/mol. The van der Waals surface area contributed by atoms with Crippen molar-refractivity contribution in [3.63, 3.8) is 0 Å². The lowest BCUT2D eigenvalue weighted by atomic mass is 9.93. The first-order valence-electron chi connectivity index (χ1n) is 6.50. The number of carbonyl (C=O) groups excluding carboxylic acids is 1. The molecule has 1 heterocycles. The van der Waals surface area contributed by atoms with E-state index in [0.29, 0.717) is 11.1 Å². The second-order valence-corrected chi connectivity index (χ2v) is 5.39. The van der Waals surface area contributed by atoms with E-state index in [1.54, 1.807) is 6.07 Å². The van der Waals surface area contributed by atoms with Crippen LogP contribution in [0.4, 0.5) is 5.69 Å². The highest BCUT2D eigenvalue weighted by molar-refractivity contribution is 6.31. The zero-order chi connectivity index (χ0) is 12.5. The molecular formula is C14H16ClNO2. The second kappa shape index (κ2) is 4.81. The summed E-state index contributed by atoms with van der Waals surface area (Å²) < 4.78 is 5.46. The van der Waals surface area contributed by atoms with E-state index in [1.165, 1.54) is 19.3 Å². The van der Waals surface area contributed by atoms with Gasteiger partial charge in [0.15, 0.2) is 6.61 Å². The fourth-order valence-corrected chi connectivity index (χ4v) is 3.05. The van der Waals surface area contributed by atoms with Crippen LogP contribution in [0.25, 0.3) is 0 Å². The van der Waals surface area contributed by atoms with Crippen LogP contribution in [0.15, 0.2) is 18.2 Å². The topological polar surface area (TPSA) is 29.5 Å². The van der Waals surface area contributed by atoms with Gasteiger partial charge in [0.05, 0.1) is 5.69 Å². The van der Waals surface area contributed by atoms with Crippen molar-refractivity contribution in [3.05, 3.63) is 23.2 Å². The van der Waals surface area contributed by atoms with Crippen molar-refractivity contribution in [2.24, 2.45) is 0 Å². The number of halogens is 1. The summed E-state index contributed by atoms with van der Waals surface area (Å²) in [6, 6.07) is 5.80. The van der Waals surface area contributed by atoms with Gasteiger partial charge in [-0.1, -0.05) is 30.9 Å². The van der Waals surface area contributed by atoms with Crippen molar-refractivity contribution in [2.75, 3.05) is 11.5 Å². The van der Waals surface area contributed by atoms with E-state index in [-0.39, 0.29) is 12.5 Å². The number of benzene rings is 1. The average Bonchev–Trinajstić information content (AvgIpc) is 2.39. The van der Waals surface area contributed by atoms with Crippen molar-refractivity contribution in [2.45, 2.75) is 38.1 Å². The van der Waals surface area contributed by atoms with Crippen LogP contribution >= 0.6 is 11.6 Å². The minimum absolute atomic E-state index is 0.0525. The molecular weight excluding hydrogens is 250 g/mol. The molecule has 0 radical (unpaired) electrons. The number of hydrogen-bond donors (Lipinski definition) is 0. The van der Waals surface area contributed by atoms with Gasteiger partial charge in [0, 0.05) is 11.1 Å². The third-order valence-corrected chi connectivity index (χ3v) is 3.98. The van der Waals surface area contributed by atoms with Gasteiger partial charge in [-0.2, -0.15) is 0 Å². The van der Waals surface area contributed by atoms with E-state index >= 15 is 0 Å². The maximum absolute atomic E-state index is 12.1. The number of carbonyl (C=O) groups is 1. The SMILES string of the molecule is O=C1COc2ccc(Cl)cc2N1C1CCCCC1. The van der Waals surface area contributed by atoms with Crippen LogP contribution in [0.5, 0.6) is 5.75 Å². The molecule has 0 bridgehead atoms. The smallest absolute Gasteiger partial charge is 0.265 e. The third kappa shape index (κ3) is 2.07. The number of anilines is 1. The molecule has 0 spiro atoms. The standard InChI is InChI=1S/C14H16ClNO2/c15-10-6-7-13-12(8-10)16(14(17)9-18-13)11-4-2-1-3-5-11/h6-8,11H,1-5,9H2. The fourth-order valence-electron chi connectivity index (χ4n) is 2.88. The lowest BCUT2D eigenvalue weighted by molar-refractivity contribution is -0.122. The Hall–Kier alpha value is -1.22. The van der Waals surface area contributed by atoms with Gasteiger partial charge in [-0.05, 0) is 31.0 Å². The summed E-state index contributed by atoms with van der Waals surface area (Å²) in [5.74, 6) is 0.821.